The van der Waals surface area contributed by atoms with Gasteiger partial charge in [0.1, 0.15) is 12.4 Å². The third-order valence-corrected chi connectivity index (χ3v) is 3.50. The summed E-state index contributed by atoms with van der Waals surface area (Å²) in [6.45, 7) is 0.954. The van der Waals surface area contributed by atoms with Gasteiger partial charge in [-0.25, -0.2) is 22.9 Å². The predicted molar refractivity (Wildman–Crippen MR) is 77.5 cm³/mol. The molecule has 3 aromatic rings. The summed E-state index contributed by atoms with van der Waals surface area (Å²) in [5, 5.41) is 9.21. The molecule has 0 spiro atoms. The van der Waals surface area contributed by atoms with Crippen molar-refractivity contribution in [3.63, 3.8) is 0 Å². The van der Waals surface area contributed by atoms with Crippen molar-refractivity contribution >= 4 is 11.6 Å². The maximum Gasteiger partial charge on any atom is 0.354 e. The van der Waals surface area contributed by atoms with Crippen LogP contribution in [-0.2, 0) is 6.61 Å². The van der Waals surface area contributed by atoms with Crippen molar-refractivity contribution in [1.29, 1.82) is 0 Å². The van der Waals surface area contributed by atoms with Crippen LogP contribution in [0, 0.1) is 24.4 Å². The third kappa shape index (κ3) is 2.55. The number of carboxylic acid groups (broad SMARTS) is 1. The molecule has 1 aromatic carbocycles. The molecule has 0 aliphatic rings. The molecule has 0 radical (unpaired) electrons. The number of aromatic carboxylic acids is 1. The summed E-state index contributed by atoms with van der Waals surface area (Å²) >= 11 is 0. The van der Waals surface area contributed by atoms with Crippen LogP contribution in [-0.4, -0.2) is 20.5 Å². The lowest BCUT2D eigenvalue weighted by Crippen LogP contribution is -2.06. The van der Waals surface area contributed by atoms with Crippen LogP contribution < -0.4 is 4.74 Å². The van der Waals surface area contributed by atoms with E-state index in [1.807, 2.05) is 0 Å². The number of aromatic nitrogens is 2. The molecule has 5 nitrogen and oxygen atoms in total. The molecule has 0 atom stereocenters. The highest BCUT2D eigenvalue weighted by atomic mass is 19.2. The Morgan fingerprint density at radius 2 is 1.96 bits per heavy atom. The van der Waals surface area contributed by atoms with Crippen molar-refractivity contribution in [2.24, 2.45) is 0 Å². The lowest BCUT2D eigenvalue weighted by Gasteiger charge is -2.09. The molecule has 0 saturated heterocycles. The minimum absolute atomic E-state index is 0.0430. The highest BCUT2D eigenvalue weighted by Gasteiger charge is 2.19. The summed E-state index contributed by atoms with van der Waals surface area (Å²) in [7, 11) is 0. The van der Waals surface area contributed by atoms with Gasteiger partial charge >= 0.3 is 5.97 Å². The van der Waals surface area contributed by atoms with Crippen molar-refractivity contribution in [3.8, 4) is 5.75 Å². The number of rotatable bonds is 4. The van der Waals surface area contributed by atoms with Gasteiger partial charge < -0.3 is 9.84 Å². The SMILES string of the molecule is Cc1nc2c(OCc3c(F)ccc(F)c3F)cccn2c1C(=O)O. The first kappa shape index (κ1) is 15.9. The van der Waals surface area contributed by atoms with Crippen molar-refractivity contribution < 1.29 is 27.8 Å². The number of pyridine rings is 1. The van der Waals surface area contributed by atoms with Crippen LogP contribution in [0.5, 0.6) is 5.75 Å². The van der Waals surface area contributed by atoms with Gasteiger partial charge in [0.15, 0.2) is 28.7 Å². The summed E-state index contributed by atoms with van der Waals surface area (Å²) < 4.78 is 47.1. The highest BCUT2D eigenvalue weighted by Crippen LogP contribution is 2.24. The Labute approximate surface area is 133 Å². The van der Waals surface area contributed by atoms with E-state index in [4.69, 9.17) is 4.74 Å². The molecule has 0 unspecified atom stereocenters. The fourth-order valence-corrected chi connectivity index (χ4v) is 2.38. The predicted octanol–water partition coefficient (Wildman–Crippen LogP) is 3.34. The molecule has 0 fully saturated rings. The van der Waals surface area contributed by atoms with E-state index in [2.05, 4.69) is 4.98 Å². The lowest BCUT2D eigenvalue weighted by molar-refractivity contribution is 0.0688. The van der Waals surface area contributed by atoms with Gasteiger partial charge in [-0.1, -0.05) is 0 Å². The number of fused-ring (bicyclic) bond motifs is 1. The minimum Gasteiger partial charge on any atom is -0.485 e. The Balaban J connectivity index is 1.99. The van der Waals surface area contributed by atoms with Gasteiger partial charge in [0.2, 0.25) is 0 Å². The first-order chi connectivity index (χ1) is 11.4. The number of nitrogens with zero attached hydrogens (tertiary/aromatic N) is 2. The minimum atomic E-state index is -1.33. The average Bonchev–Trinajstić information content (AvgIpc) is 2.88. The third-order valence-electron chi connectivity index (χ3n) is 3.50. The van der Waals surface area contributed by atoms with Crippen LogP contribution in [0.25, 0.3) is 5.65 Å². The maximum absolute atomic E-state index is 13.7. The fraction of sp³-hybridized carbons (Fsp3) is 0.125. The van der Waals surface area contributed by atoms with Gasteiger partial charge in [0.05, 0.1) is 11.3 Å². The van der Waals surface area contributed by atoms with Crippen LogP contribution in [0.15, 0.2) is 30.5 Å². The largest absolute Gasteiger partial charge is 0.485 e. The van der Waals surface area contributed by atoms with E-state index >= 15 is 0 Å². The van der Waals surface area contributed by atoms with Gasteiger partial charge in [0.25, 0.3) is 0 Å². The second-order valence-electron chi connectivity index (χ2n) is 5.03. The molecule has 124 valence electrons. The Kier molecular flexibility index (Phi) is 3.88. The van der Waals surface area contributed by atoms with Gasteiger partial charge in [0, 0.05) is 6.20 Å². The number of carboxylic acids is 1. The molecule has 24 heavy (non-hydrogen) atoms. The summed E-state index contributed by atoms with van der Waals surface area (Å²) in [4.78, 5) is 15.4. The number of hydrogen-bond donors (Lipinski definition) is 1. The zero-order valence-corrected chi connectivity index (χ0v) is 12.4. The molecule has 2 aromatic heterocycles. The molecule has 0 bridgehead atoms. The van der Waals surface area contributed by atoms with Gasteiger partial charge in [-0.05, 0) is 31.2 Å². The summed E-state index contributed by atoms with van der Waals surface area (Å²) in [6.07, 6.45) is 1.48. The quantitative estimate of drug-likeness (QED) is 0.742. The number of ether oxygens (including phenoxy) is 1. The zero-order chi connectivity index (χ0) is 17.4. The van der Waals surface area contributed by atoms with E-state index in [1.165, 1.54) is 29.7 Å². The Morgan fingerprint density at radius 1 is 1.25 bits per heavy atom. The Bertz CT molecular complexity index is 953. The average molecular weight is 336 g/mol. The summed E-state index contributed by atoms with van der Waals surface area (Å²) in [5.74, 6) is -4.49. The number of aryl methyl sites for hydroxylation is 1. The topological polar surface area (TPSA) is 63.8 Å². The molecular formula is C16H11F3N2O3. The maximum atomic E-state index is 13.7. The van der Waals surface area contributed by atoms with E-state index < -0.39 is 35.6 Å². The van der Waals surface area contributed by atoms with Crippen molar-refractivity contribution in [3.05, 3.63) is 64.9 Å². The smallest absolute Gasteiger partial charge is 0.354 e. The number of carbonyl (C=O) groups is 1. The normalized spacial score (nSPS) is 11.0. The monoisotopic (exact) mass is 336 g/mol. The fourth-order valence-electron chi connectivity index (χ4n) is 2.38. The van der Waals surface area contributed by atoms with E-state index in [9.17, 15) is 23.1 Å². The standard InChI is InChI=1S/C16H11F3N2O3/c1-8-14(16(22)23)21-6-2-3-12(15(21)20-8)24-7-9-10(17)4-5-11(18)13(9)19/h2-6H,7H2,1H3,(H,22,23). The molecule has 8 heteroatoms. The number of halogens is 3. The van der Waals surface area contributed by atoms with Gasteiger partial charge in [-0.3, -0.25) is 4.40 Å². The van der Waals surface area contributed by atoms with Crippen molar-refractivity contribution in [2.75, 3.05) is 0 Å². The second-order valence-corrected chi connectivity index (χ2v) is 5.03. The second kappa shape index (κ2) is 5.88. The molecule has 2 heterocycles. The zero-order valence-electron chi connectivity index (χ0n) is 12.4. The number of imidazole rings is 1. The van der Waals surface area contributed by atoms with Crippen molar-refractivity contribution in [1.82, 2.24) is 9.38 Å². The van der Waals surface area contributed by atoms with E-state index in [-0.39, 0.29) is 22.8 Å². The molecule has 3 rings (SSSR count). The summed E-state index contributed by atoms with van der Waals surface area (Å²) in [5.41, 5.74) is -0.149. The number of hydrogen-bond acceptors (Lipinski definition) is 3. The lowest BCUT2D eigenvalue weighted by atomic mass is 10.2. The van der Waals surface area contributed by atoms with E-state index in [0.29, 0.717) is 6.07 Å². The van der Waals surface area contributed by atoms with Crippen LogP contribution in [0.2, 0.25) is 0 Å². The molecule has 0 aliphatic carbocycles. The first-order valence-corrected chi connectivity index (χ1v) is 6.86. The van der Waals surface area contributed by atoms with Crippen molar-refractivity contribution in [2.45, 2.75) is 13.5 Å². The molecule has 0 aliphatic heterocycles. The van der Waals surface area contributed by atoms with E-state index in [1.54, 1.807) is 0 Å². The van der Waals surface area contributed by atoms with Crippen LogP contribution in [0.4, 0.5) is 13.2 Å². The number of benzene rings is 1. The Morgan fingerprint density at radius 3 is 2.67 bits per heavy atom. The van der Waals surface area contributed by atoms with E-state index in [0.717, 1.165) is 6.07 Å². The van der Waals surface area contributed by atoms with Gasteiger partial charge in [-0.15, -0.1) is 0 Å². The molecule has 0 amide bonds. The molecule has 0 saturated carbocycles. The first-order valence-electron chi connectivity index (χ1n) is 6.86. The highest BCUT2D eigenvalue weighted by molar-refractivity contribution is 5.88. The summed E-state index contributed by atoms with van der Waals surface area (Å²) in [6, 6.07) is 4.47. The van der Waals surface area contributed by atoms with Crippen LogP contribution in [0.1, 0.15) is 21.7 Å². The van der Waals surface area contributed by atoms with Crippen LogP contribution >= 0.6 is 0 Å². The van der Waals surface area contributed by atoms with Crippen LogP contribution in [0.3, 0.4) is 0 Å². The Hall–Kier alpha value is -3.03. The van der Waals surface area contributed by atoms with Gasteiger partial charge in [-0.2, -0.15) is 0 Å². The molecule has 1 N–H and O–H groups in total. The molecular weight excluding hydrogens is 325 g/mol.